The first-order valence-corrected chi connectivity index (χ1v) is 8.56. The van der Waals surface area contributed by atoms with Crippen LogP contribution in [0.3, 0.4) is 0 Å². The summed E-state index contributed by atoms with van der Waals surface area (Å²) in [6, 6.07) is 9.38. The predicted molar refractivity (Wildman–Crippen MR) is 77.7 cm³/mol. The molecule has 2 aromatic rings. The second-order valence-corrected chi connectivity index (χ2v) is 7.18. The van der Waals surface area contributed by atoms with Crippen LogP contribution >= 0.6 is 0 Å². The smallest absolute Gasteiger partial charge is 0.247 e. The molecule has 0 atom stereocenters. The van der Waals surface area contributed by atoms with Crippen molar-refractivity contribution in [2.24, 2.45) is 0 Å². The normalized spacial score (nSPS) is 16.4. The Morgan fingerprint density at radius 2 is 1.86 bits per heavy atom. The van der Waals surface area contributed by atoms with Gasteiger partial charge in [-0.05, 0) is 25.0 Å². The van der Waals surface area contributed by atoms with Crippen LogP contribution in [0.2, 0.25) is 0 Å². The van der Waals surface area contributed by atoms with Crippen molar-refractivity contribution in [3.63, 3.8) is 0 Å². The Labute approximate surface area is 123 Å². The van der Waals surface area contributed by atoms with Crippen molar-refractivity contribution in [1.82, 2.24) is 14.9 Å². The third-order valence-electron chi connectivity index (χ3n) is 3.65. The minimum atomic E-state index is -3.29. The quantitative estimate of drug-likeness (QED) is 0.914. The first-order chi connectivity index (χ1) is 10.1. The number of nitrogens with one attached hydrogen (secondary N) is 1. The van der Waals surface area contributed by atoms with Crippen LogP contribution in [0.25, 0.3) is 11.5 Å². The molecule has 1 N–H and O–H groups in total. The van der Waals surface area contributed by atoms with Crippen LogP contribution in [-0.2, 0) is 16.6 Å². The van der Waals surface area contributed by atoms with E-state index in [0.29, 0.717) is 5.89 Å². The summed E-state index contributed by atoms with van der Waals surface area (Å²) >= 11 is 0. The van der Waals surface area contributed by atoms with Crippen LogP contribution in [0.5, 0.6) is 0 Å². The fourth-order valence-corrected chi connectivity index (χ4v) is 4.02. The maximum Gasteiger partial charge on any atom is 0.247 e. The average molecular weight is 307 g/mol. The number of benzene rings is 1. The van der Waals surface area contributed by atoms with Gasteiger partial charge in [0.25, 0.3) is 0 Å². The highest BCUT2D eigenvalue weighted by Gasteiger charge is 2.28. The van der Waals surface area contributed by atoms with Crippen LogP contribution in [0.1, 0.15) is 31.6 Å². The van der Waals surface area contributed by atoms with Crippen molar-refractivity contribution in [3.8, 4) is 11.5 Å². The third kappa shape index (κ3) is 3.30. The van der Waals surface area contributed by atoms with Crippen molar-refractivity contribution >= 4 is 10.0 Å². The molecule has 1 heterocycles. The summed E-state index contributed by atoms with van der Waals surface area (Å²) in [6.45, 7) is 0.0403. The molecule has 1 aliphatic rings. The first kappa shape index (κ1) is 14.2. The fourth-order valence-electron chi connectivity index (χ4n) is 2.50. The molecule has 1 aromatic heterocycles. The Bertz CT molecular complexity index is 691. The molecule has 1 fully saturated rings. The SMILES string of the molecule is O=S(=O)(NCc1nnc(-c2ccccc2)o1)C1CCCC1. The molecule has 1 saturated carbocycles. The van der Waals surface area contributed by atoms with E-state index in [4.69, 9.17) is 4.42 Å². The maximum atomic E-state index is 12.1. The molecule has 0 radical (unpaired) electrons. The highest BCUT2D eigenvalue weighted by molar-refractivity contribution is 7.90. The van der Waals surface area contributed by atoms with E-state index in [-0.39, 0.29) is 17.7 Å². The molecule has 0 unspecified atom stereocenters. The average Bonchev–Trinajstić information content (AvgIpc) is 3.18. The zero-order valence-corrected chi connectivity index (χ0v) is 12.3. The van der Waals surface area contributed by atoms with Crippen LogP contribution in [-0.4, -0.2) is 23.9 Å². The minimum absolute atomic E-state index is 0.0403. The van der Waals surface area contributed by atoms with Crippen molar-refractivity contribution in [1.29, 1.82) is 0 Å². The van der Waals surface area contributed by atoms with Gasteiger partial charge in [0.1, 0.15) is 0 Å². The molecule has 112 valence electrons. The molecule has 6 nitrogen and oxygen atoms in total. The van der Waals surface area contributed by atoms with Crippen LogP contribution in [0.4, 0.5) is 0 Å². The van der Waals surface area contributed by atoms with Gasteiger partial charge in [0.15, 0.2) is 0 Å². The van der Waals surface area contributed by atoms with Gasteiger partial charge in [0, 0.05) is 5.56 Å². The lowest BCUT2D eigenvalue weighted by atomic mass is 10.2. The number of rotatable bonds is 5. The summed E-state index contributed by atoms with van der Waals surface area (Å²) in [7, 11) is -3.29. The lowest BCUT2D eigenvalue weighted by molar-refractivity contribution is 0.491. The number of nitrogens with zero attached hydrogens (tertiary/aromatic N) is 2. The highest BCUT2D eigenvalue weighted by Crippen LogP contribution is 2.24. The second-order valence-electron chi connectivity index (χ2n) is 5.14. The van der Waals surface area contributed by atoms with Gasteiger partial charge in [-0.15, -0.1) is 10.2 Å². The summed E-state index contributed by atoms with van der Waals surface area (Å²) in [5, 5.41) is 7.53. The van der Waals surface area contributed by atoms with Crippen LogP contribution < -0.4 is 4.72 Å². The van der Waals surface area contributed by atoms with E-state index in [9.17, 15) is 8.42 Å². The van der Waals surface area contributed by atoms with E-state index in [1.54, 1.807) is 0 Å². The molecule has 0 spiro atoms. The van der Waals surface area contributed by atoms with Gasteiger partial charge < -0.3 is 4.42 Å². The standard InChI is InChI=1S/C14H17N3O3S/c18-21(19,12-8-4-5-9-12)15-10-13-16-17-14(20-13)11-6-2-1-3-7-11/h1-3,6-7,12,15H,4-5,8-10H2. The van der Waals surface area contributed by atoms with Crippen molar-refractivity contribution in [2.45, 2.75) is 37.5 Å². The van der Waals surface area contributed by atoms with Crippen molar-refractivity contribution < 1.29 is 12.8 Å². The molecule has 1 aliphatic carbocycles. The summed E-state index contributed by atoms with van der Waals surface area (Å²) in [4.78, 5) is 0. The van der Waals surface area contributed by atoms with Crippen LogP contribution in [0, 0.1) is 0 Å². The summed E-state index contributed by atoms with van der Waals surface area (Å²) < 4.78 is 32.2. The highest BCUT2D eigenvalue weighted by atomic mass is 32.2. The second kappa shape index (κ2) is 5.95. The van der Waals surface area contributed by atoms with E-state index < -0.39 is 10.0 Å². The zero-order chi connectivity index (χ0) is 14.7. The molecule has 0 saturated heterocycles. The Kier molecular flexibility index (Phi) is 4.03. The number of hydrogen-bond acceptors (Lipinski definition) is 5. The van der Waals surface area contributed by atoms with E-state index in [1.807, 2.05) is 30.3 Å². The molecule has 0 amide bonds. The van der Waals surface area contributed by atoms with Gasteiger partial charge in [-0.3, -0.25) is 0 Å². The summed E-state index contributed by atoms with van der Waals surface area (Å²) in [6.07, 6.45) is 3.41. The van der Waals surface area contributed by atoms with Gasteiger partial charge in [-0.1, -0.05) is 31.0 Å². The monoisotopic (exact) mass is 307 g/mol. The lowest BCUT2D eigenvalue weighted by Gasteiger charge is -2.10. The van der Waals surface area contributed by atoms with Crippen LogP contribution in [0.15, 0.2) is 34.7 Å². The maximum absolute atomic E-state index is 12.1. The van der Waals surface area contributed by atoms with Gasteiger partial charge >= 0.3 is 0 Å². The lowest BCUT2D eigenvalue weighted by Crippen LogP contribution is -2.32. The molecular weight excluding hydrogens is 290 g/mol. The Balaban J connectivity index is 1.65. The molecule has 21 heavy (non-hydrogen) atoms. The van der Waals surface area contributed by atoms with Gasteiger partial charge in [0.05, 0.1) is 11.8 Å². The Hall–Kier alpha value is -1.73. The molecule has 7 heteroatoms. The van der Waals surface area contributed by atoms with Crippen molar-refractivity contribution in [3.05, 3.63) is 36.2 Å². The van der Waals surface area contributed by atoms with E-state index in [2.05, 4.69) is 14.9 Å². The minimum Gasteiger partial charge on any atom is -0.419 e. The summed E-state index contributed by atoms with van der Waals surface area (Å²) in [5.74, 6) is 0.668. The van der Waals surface area contributed by atoms with E-state index in [1.165, 1.54) is 0 Å². The van der Waals surface area contributed by atoms with Gasteiger partial charge in [-0.25, -0.2) is 13.1 Å². The number of aromatic nitrogens is 2. The zero-order valence-electron chi connectivity index (χ0n) is 11.5. The Morgan fingerprint density at radius 1 is 1.14 bits per heavy atom. The molecule has 0 aliphatic heterocycles. The number of hydrogen-bond donors (Lipinski definition) is 1. The fraction of sp³-hybridized carbons (Fsp3) is 0.429. The van der Waals surface area contributed by atoms with Gasteiger partial charge in [-0.2, -0.15) is 0 Å². The Morgan fingerprint density at radius 3 is 2.57 bits per heavy atom. The van der Waals surface area contributed by atoms with Crippen molar-refractivity contribution in [2.75, 3.05) is 0 Å². The largest absolute Gasteiger partial charge is 0.419 e. The van der Waals surface area contributed by atoms with E-state index >= 15 is 0 Å². The molecule has 1 aromatic carbocycles. The van der Waals surface area contributed by atoms with E-state index in [0.717, 1.165) is 31.2 Å². The molecular formula is C14H17N3O3S. The number of sulfonamides is 1. The predicted octanol–water partition coefficient (Wildman–Crippen LogP) is 2.10. The summed E-state index contributed by atoms with van der Waals surface area (Å²) in [5.41, 5.74) is 0.815. The van der Waals surface area contributed by atoms with Gasteiger partial charge in [0.2, 0.25) is 21.8 Å². The molecule has 0 bridgehead atoms. The third-order valence-corrected chi connectivity index (χ3v) is 5.55. The first-order valence-electron chi connectivity index (χ1n) is 7.01. The molecule has 3 rings (SSSR count). The topological polar surface area (TPSA) is 85.1 Å².